The molecule has 1 N–H and O–H groups in total. The van der Waals surface area contributed by atoms with Crippen LogP contribution in [-0.2, 0) is 11.3 Å². The highest BCUT2D eigenvalue weighted by Gasteiger charge is 2.11. The molecule has 0 unspecified atom stereocenters. The van der Waals surface area contributed by atoms with Crippen LogP contribution in [0.3, 0.4) is 0 Å². The summed E-state index contributed by atoms with van der Waals surface area (Å²) >= 11 is 0. The third-order valence-electron chi connectivity index (χ3n) is 3.66. The monoisotopic (exact) mass is 348 g/mol. The summed E-state index contributed by atoms with van der Waals surface area (Å²) in [7, 11) is 0. The standard InChI is InChI=1S/C19H13FN4O2/c20-15-7-3-2-6-14(15)17-9-19(26)24(12-22-17)11-18(25)23-16-8-4-1-5-13(16)10-21/h1-9,12H,11H2,(H,23,25). The maximum Gasteiger partial charge on any atom is 0.254 e. The Hall–Kier alpha value is -3.79. The molecule has 128 valence electrons. The van der Waals surface area contributed by atoms with Crippen molar-refractivity contribution in [3.05, 3.63) is 82.7 Å². The fourth-order valence-corrected chi connectivity index (χ4v) is 2.39. The van der Waals surface area contributed by atoms with Crippen LogP contribution in [0.5, 0.6) is 0 Å². The largest absolute Gasteiger partial charge is 0.323 e. The molecule has 3 aromatic rings. The number of hydrogen-bond donors (Lipinski definition) is 1. The van der Waals surface area contributed by atoms with Gasteiger partial charge in [0.2, 0.25) is 5.91 Å². The Morgan fingerprint density at radius 3 is 2.65 bits per heavy atom. The fraction of sp³-hybridized carbons (Fsp3) is 0.0526. The van der Waals surface area contributed by atoms with Crippen LogP contribution in [0, 0.1) is 17.1 Å². The summed E-state index contributed by atoms with van der Waals surface area (Å²) in [5, 5.41) is 11.6. The molecule has 1 heterocycles. The number of para-hydroxylation sites is 1. The van der Waals surface area contributed by atoms with Crippen molar-refractivity contribution >= 4 is 11.6 Å². The third kappa shape index (κ3) is 3.65. The number of benzene rings is 2. The van der Waals surface area contributed by atoms with E-state index in [2.05, 4.69) is 10.3 Å². The Morgan fingerprint density at radius 2 is 1.92 bits per heavy atom. The van der Waals surface area contributed by atoms with Crippen molar-refractivity contribution < 1.29 is 9.18 Å². The molecule has 0 saturated carbocycles. The summed E-state index contributed by atoms with van der Waals surface area (Å²) in [5.74, 6) is -0.960. The molecule has 7 heteroatoms. The molecule has 2 aromatic carbocycles. The van der Waals surface area contributed by atoms with Gasteiger partial charge in [0.15, 0.2) is 0 Å². The molecule has 0 aliphatic rings. The molecular weight excluding hydrogens is 335 g/mol. The lowest BCUT2D eigenvalue weighted by Gasteiger charge is -2.09. The second-order valence-electron chi connectivity index (χ2n) is 5.43. The molecule has 26 heavy (non-hydrogen) atoms. The minimum atomic E-state index is -0.484. The Bertz CT molecular complexity index is 1070. The van der Waals surface area contributed by atoms with Gasteiger partial charge in [0.1, 0.15) is 18.4 Å². The van der Waals surface area contributed by atoms with Gasteiger partial charge >= 0.3 is 0 Å². The van der Waals surface area contributed by atoms with Crippen LogP contribution in [0.4, 0.5) is 10.1 Å². The van der Waals surface area contributed by atoms with Crippen molar-refractivity contribution in [3.63, 3.8) is 0 Å². The first-order valence-corrected chi connectivity index (χ1v) is 7.69. The van der Waals surface area contributed by atoms with Crippen LogP contribution in [0.1, 0.15) is 5.56 Å². The van der Waals surface area contributed by atoms with E-state index >= 15 is 0 Å². The second kappa shape index (κ2) is 7.40. The van der Waals surface area contributed by atoms with Gasteiger partial charge in [-0.3, -0.25) is 14.2 Å². The molecule has 3 rings (SSSR count). The maximum absolute atomic E-state index is 13.8. The molecule has 0 saturated heterocycles. The lowest BCUT2D eigenvalue weighted by molar-refractivity contribution is -0.116. The minimum Gasteiger partial charge on any atom is -0.323 e. The SMILES string of the molecule is N#Cc1ccccc1NC(=O)Cn1cnc(-c2ccccc2F)cc1=O. The molecule has 0 aliphatic heterocycles. The third-order valence-corrected chi connectivity index (χ3v) is 3.66. The molecule has 0 aliphatic carbocycles. The number of anilines is 1. The van der Waals surface area contributed by atoms with Crippen molar-refractivity contribution in [2.75, 3.05) is 5.32 Å². The van der Waals surface area contributed by atoms with E-state index in [0.29, 0.717) is 11.3 Å². The zero-order chi connectivity index (χ0) is 18.5. The van der Waals surface area contributed by atoms with Gasteiger partial charge in [0.25, 0.3) is 5.56 Å². The maximum atomic E-state index is 13.8. The van der Waals surface area contributed by atoms with Crippen molar-refractivity contribution in [3.8, 4) is 17.3 Å². The highest BCUT2D eigenvalue weighted by Crippen LogP contribution is 2.18. The number of nitrogens with one attached hydrogen (secondary N) is 1. The van der Waals surface area contributed by atoms with Gasteiger partial charge in [-0.15, -0.1) is 0 Å². The zero-order valence-electron chi connectivity index (χ0n) is 13.5. The van der Waals surface area contributed by atoms with Gasteiger partial charge in [-0.25, -0.2) is 9.37 Å². The molecular formula is C19H13FN4O2. The molecule has 0 bridgehead atoms. The predicted octanol–water partition coefficient (Wildman–Crippen LogP) is 2.56. The average Bonchev–Trinajstić information content (AvgIpc) is 2.64. The Morgan fingerprint density at radius 1 is 1.19 bits per heavy atom. The van der Waals surface area contributed by atoms with Crippen LogP contribution in [0.15, 0.2) is 65.7 Å². The van der Waals surface area contributed by atoms with Crippen LogP contribution in [0.25, 0.3) is 11.3 Å². The lowest BCUT2D eigenvalue weighted by Crippen LogP contribution is -2.27. The molecule has 0 atom stereocenters. The highest BCUT2D eigenvalue weighted by molar-refractivity contribution is 5.91. The first kappa shape index (κ1) is 17.0. The quantitative estimate of drug-likeness (QED) is 0.785. The Labute approximate surface area is 148 Å². The Kier molecular flexibility index (Phi) is 4.85. The van der Waals surface area contributed by atoms with Crippen LogP contribution < -0.4 is 10.9 Å². The van der Waals surface area contributed by atoms with Crippen molar-refractivity contribution in [2.45, 2.75) is 6.54 Å². The van der Waals surface area contributed by atoms with E-state index in [1.807, 2.05) is 6.07 Å². The number of carbonyl (C=O) groups excluding carboxylic acids is 1. The molecule has 6 nitrogen and oxygen atoms in total. The van der Waals surface area contributed by atoms with Crippen LogP contribution in [0.2, 0.25) is 0 Å². The summed E-state index contributed by atoms with van der Waals surface area (Å²) < 4.78 is 14.9. The van der Waals surface area contributed by atoms with Gasteiger partial charge in [0.05, 0.1) is 23.3 Å². The molecule has 1 amide bonds. The van der Waals surface area contributed by atoms with Gasteiger partial charge in [0, 0.05) is 11.6 Å². The molecule has 0 fully saturated rings. The molecule has 0 radical (unpaired) electrons. The van der Waals surface area contributed by atoms with Gasteiger partial charge in [-0.2, -0.15) is 5.26 Å². The fourth-order valence-electron chi connectivity index (χ4n) is 2.39. The lowest BCUT2D eigenvalue weighted by atomic mass is 10.1. The van der Waals surface area contributed by atoms with E-state index < -0.39 is 17.3 Å². The number of halogens is 1. The van der Waals surface area contributed by atoms with E-state index in [4.69, 9.17) is 5.26 Å². The van der Waals surface area contributed by atoms with Crippen LogP contribution in [-0.4, -0.2) is 15.5 Å². The number of amides is 1. The van der Waals surface area contributed by atoms with E-state index in [9.17, 15) is 14.0 Å². The summed E-state index contributed by atoms with van der Waals surface area (Å²) in [6, 6.07) is 15.7. The van der Waals surface area contributed by atoms with Crippen molar-refractivity contribution in [1.29, 1.82) is 5.26 Å². The number of rotatable bonds is 4. The average molecular weight is 348 g/mol. The first-order valence-electron chi connectivity index (χ1n) is 7.69. The zero-order valence-corrected chi connectivity index (χ0v) is 13.5. The van der Waals surface area contributed by atoms with E-state index in [0.717, 1.165) is 4.57 Å². The minimum absolute atomic E-state index is 0.194. The number of nitriles is 1. The normalized spacial score (nSPS) is 10.2. The van der Waals surface area contributed by atoms with Gasteiger partial charge in [-0.1, -0.05) is 24.3 Å². The predicted molar refractivity (Wildman–Crippen MR) is 93.7 cm³/mol. The van der Waals surface area contributed by atoms with E-state index in [1.165, 1.54) is 24.5 Å². The molecule has 0 spiro atoms. The Balaban J connectivity index is 1.79. The number of nitrogens with zero attached hydrogens (tertiary/aromatic N) is 3. The first-order chi connectivity index (χ1) is 12.6. The number of hydrogen-bond acceptors (Lipinski definition) is 4. The van der Waals surface area contributed by atoms with Crippen molar-refractivity contribution in [2.24, 2.45) is 0 Å². The van der Waals surface area contributed by atoms with E-state index in [1.54, 1.807) is 36.4 Å². The topological polar surface area (TPSA) is 87.8 Å². The van der Waals surface area contributed by atoms with Gasteiger partial charge < -0.3 is 5.32 Å². The highest BCUT2D eigenvalue weighted by atomic mass is 19.1. The number of carbonyl (C=O) groups is 1. The summed E-state index contributed by atoms with van der Waals surface area (Å²) in [4.78, 5) is 28.4. The smallest absolute Gasteiger partial charge is 0.254 e. The van der Waals surface area contributed by atoms with Crippen LogP contribution >= 0.6 is 0 Å². The summed E-state index contributed by atoms with van der Waals surface area (Å²) in [6.07, 6.45) is 1.19. The van der Waals surface area contributed by atoms with E-state index in [-0.39, 0.29) is 17.8 Å². The summed E-state index contributed by atoms with van der Waals surface area (Å²) in [6.45, 7) is -0.275. The van der Waals surface area contributed by atoms with Crippen molar-refractivity contribution in [1.82, 2.24) is 9.55 Å². The second-order valence-corrected chi connectivity index (χ2v) is 5.43. The van der Waals surface area contributed by atoms with Gasteiger partial charge in [-0.05, 0) is 24.3 Å². The number of aromatic nitrogens is 2. The summed E-state index contributed by atoms with van der Waals surface area (Å²) in [5.41, 5.74) is 0.607. The molecule has 1 aromatic heterocycles.